The van der Waals surface area contributed by atoms with Crippen LogP contribution in [0.3, 0.4) is 0 Å². The van der Waals surface area contributed by atoms with Gasteiger partial charge in [0.05, 0.1) is 5.56 Å². The Labute approximate surface area is 128 Å². The molecule has 2 N–H and O–H groups in total. The number of pyridine rings is 1. The van der Waals surface area contributed by atoms with Crippen LogP contribution >= 0.6 is 0 Å². The van der Waals surface area contributed by atoms with Crippen molar-refractivity contribution >= 4 is 17.4 Å². The lowest BCUT2D eigenvalue weighted by molar-refractivity contribution is -0.404. The highest BCUT2D eigenvalue weighted by atomic mass is 16.7. The lowest BCUT2D eigenvalue weighted by Gasteiger charge is -2.19. The van der Waals surface area contributed by atoms with Gasteiger partial charge in [0.1, 0.15) is 11.0 Å². The van der Waals surface area contributed by atoms with Crippen molar-refractivity contribution in [2.24, 2.45) is 10.2 Å². The van der Waals surface area contributed by atoms with E-state index in [2.05, 4.69) is 19.9 Å². The van der Waals surface area contributed by atoms with Crippen molar-refractivity contribution in [1.82, 2.24) is 9.83 Å². The molecule has 12 heteroatoms. The van der Waals surface area contributed by atoms with Crippen LogP contribution < -0.4 is 10.6 Å². The minimum absolute atomic E-state index is 0.0587. The van der Waals surface area contributed by atoms with Crippen molar-refractivity contribution in [2.75, 3.05) is 19.1 Å². The van der Waals surface area contributed by atoms with Gasteiger partial charge in [-0.3, -0.25) is 19.4 Å². The van der Waals surface area contributed by atoms with E-state index in [0.29, 0.717) is 0 Å². The Morgan fingerprint density at radius 2 is 2.04 bits per heavy atom. The van der Waals surface area contributed by atoms with Crippen LogP contribution in [0.15, 0.2) is 25.6 Å². The number of rotatable bonds is 4. The lowest BCUT2D eigenvalue weighted by Crippen LogP contribution is -2.36. The maximum Gasteiger partial charge on any atom is 0.457 e. The minimum atomic E-state index is -0.808. The summed E-state index contributed by atoms with van der Waals surface area (Å²) in [5, 5.41) is 42.2. The monoisotopic (exact) mass is 324 g/mol. The normalized spacial score (nSPS) is 11.1. The van der Waals surface area contributed by atoms with Gasteiger partial charge in [-0.15, -0.1) is 10.2 Å². The molecule has 0 aliphatic heterocycles. The van der Waals surface area contributed by atoms with E-state index in [4.69, 9.17) is 0 Å². The maximum absolute atomic E-state index is 12.0. The van der Waals surface area contributed by atoms with Crippen LogP contribution in [-0.2, 0) is 0 Å². The summed E-state index contributed by atoms with van der Waals surface area (Å²) in [6, 6.07) is 0.909. The fourth-order valence-electron chi connectivity index (χ4n) is 1.69. The zero-order chi connectivity index (χ0) is 17.3. The molecule has 2 rings (SSSR count). The molecule has 122 valence electrons. The van der Waals surface area contributed by atoms with Crippen LogP contribution in [0.5, 0.6) is 11.6 Å². The second kappa shape index (κ2) is 5.75. The third kappa shape index (κ3) is 2.81. The van der Waals surface area contributed by atoms with Crippen LogP contribution in [0.4, 0.5) is 17.4 Å². The Balaban J connectivity index is 2.52. The molecule has 0 amide bonds. The Kier molecular flexibility index (Phi) is 3.98. The van der Waals surface area contributed by atoms with Gasteiger partial charge in [0.15, 0.2) is 11.4 Å². The van der Waals surface area contributed by atoms with E-state index in [9.17, 15) is 25.1 Å². The molecule has 0 aliphatic carbocycles. The smallest absolute Gasteiger partial charge is 0.457 e. The van der Waals surface area contributed by atoms with Gasteiger partial charge in [-0.1, -0.05) is 5.16 Å². The number of nitro groups is 1. The number of hydrogen-bond acceptors (Lipinski definition) is 10. The molecular formula is C11H12N6O6. The molecule has 0 fully saturated rings. The predicted octanol–water partition coefficient (Wildman–Crippen LogP) is 1.08. The largest absolute Gasteiger partial charge is 0.505 e. The lowest BCUT2D eigenvalue weighted by atomic mass is 10.2. The summed E-state index contributed by atoms with van der Waals surface area (Å²) >= 11 is 0. The molecule has 0 spiro atoms. The Hall–Kier alpha value is -3.44. The molecule has 0 atom stereocenters. The third-order valence-corrected chi connectivity index (χ3v) is 2.82. The number of aromatic nitrogens is 2. The Morgan fingerprint density at radius 3 is 2.57 bits per heavy atom. The summed E-state index contributed by atoms with van der Waals surface area (Å²) < 4.78 is 5.26. The van der Waals surface area contributed by atoms with Crippen LogP contribution in [0, 0.1) is 17.0 Å². The summed E-state index contributed by atoms with van der Waals surface area (Å²) in [6.45, 7) is 1.34. The van der Waals surface area contributed by atoms with Crippen LogP contribution in [0.25, 0.3) is 0 Å². The first-order valence-corrected chi connectivity index (χ1v) is 6.12. The van der Waals surface area contributed by atoms with Gasteiger partial charge in [0.2, 0.25) is 11.7 Å². The standard InChI is InChI=1S/C11H12N6O6/c1-5-9(18)8(11(20)16(10(5)19)15(2)3)13-12-6-4-7(17(21)22)23-14-6/h4,18,20H,1-3H3. The summed E-state index contributed by atoms with van der Waals surface area (Å²) in [6.07, 6.45) is 0. The van der Waals surface area contributed by atoms with Crippen molar-refractivity contribution < 1.29 is 19.7 Å². The van der Waals surface area contributed by atoms with E-state index < -0.39 is 28.0 Å². The van der Waals surface area contributed by atoms with E-state index in [1.807, 2.05) is 0 Å². The van der Waals surface area contributed by atoms with Crippen LogP contribution in [-0.4, -0.2) is 39.1 Å². The minimum Gasteiger partial charge on any atom is -0.505 e. The highest BCUT2D eigenvalue weighted by molar-refractivity contribution is 5.61. The first-order valence-electron chi connectivity index (χ1n) is 6.12. The van der Waals surface area contributed by atoms with Crippen molar-refractivity contribution in [3.63, 3.8) is 0 Å². The molecule has 2 aromatic rings. The van der Waals surface area contributed by atoms with E-state index >= 15 is 0 Å². The third-order valence-electron chi connectivity index (χ3n) is 2.82. The van der Waals surface area contributed by atoms with E-state index in [1.54, 1.807) is 0 Å². The summed E-state index contributed by atoms with van der Waals surface area (Å²) in [5.74, 6) is -2.09. The topological polar surface area (TPSA) is 160 Å². The SMILES string of the molecule is Cc1c(O)c(N=Nc2cc([N+](=O)[O-])on2)c(O)n(N(C)C)c1=O. The first kappa shape index (κ1) is 15.9. The Bertz CT molecular complexity index is 851. The summed E-state index contributed by atoms with van der Waals surface area (Å²) in [5.41, 5.74) is -1.08. The van der Waals surface area contributed by atoms with Gasteiger partial charge in [-0.2, -0.15) is 4.68 Å². The molecule has 2 aromatic heterocycles. The molecular weight excluding hydrogens is 312 g/mol. The highest BCUT2D eigenvalue weighted by Crippen LogP contribution is 2.37. The average molecular weight is 324 g/mol. The average Bonchev–Trinajstić information content (AvgIpc) is 2.94. The van der Waals surface area contributed by atoms with Gasteiger partial charge >= 0.3 is 5.88 Å². The molecule has 0 aromatic carbocycles. The van der Waals surface area contributed by atoms with Crippen molar-refractivity contribution in [3.8, 4) is 11.6 Å². The summed E-state index contributed by atoms with van der Waals surface area (Å²) in [7, 11) is 3.00. The van der Waals surface area contributed by atoms with Gasteiger partial charge in [0, 0.05) is 14.1 Å². The van der Waals surface area contributed by atoms with Crippen LogP contribution in [0.1, 0.15) is 5.56 Å². The molecule has 0 aliphatic rings. The van der Waals surface area contributed by atoms with E-state index in [1.165, 1.54) is 26.0 Å². The molecule has 0 bridgehead atoms. The number of azo groups is 1. The number of nitrogens with zero attached hydrogens (tertiary/aromatic N) is 6. The van der Waals surface area contributed by atoms with Crippen molar-refractivity contribution in [3.05, 3.63) is 32.1 Å². The van der Waals surface area contributed by atoms with Gasteiger partial charge < -0.3 is 15.2 Å². The number of hydrogen-bond donors (Lipinski definition) is 2. The number of aromatic hydroxyl groups is 2. The first-order chi connectivity index (χ1) is 10.7. The quantitative estimate of drug-likeness (QED) is 0.480. The molecule has 0 saturated heterocycles. The van der Waals surface area contributed by atoms with Gasteiger partial charge in [-0.05, 0) is 6.92 Å². The molecule has 12 nitrogen and oxygen atoms in total. The second-order valence-corrected chi connectivity index (χ2v) is 4.59. The molecule has 0 unspecified atom stereocenters. The molecule has 0 saturated carbocycles. The van der Waals surface area contributed by atoms with Gasteiger partial charge in [-0.25, -0.2) is 0 Å². The fourth-order valence-corrected chi connectivity index (χ4v) is 1.69. The zero-order valence-electron chi connectivity index (χ0n) is 12.3. The Morgan fingerprint density at radius 1 is 1.39 bits per heavy atom. The molecule has 2 heterocycles. The van der Waals surface area contributed by atoms with Crippen molar-refractivity contribution in [1.29, 1.82) is 0 Å². The fraction of sp³-hybridized carbons (Fsp3) is 0.273. The predicted molar refractivity (Wildman–Crippen MR) is 76.2 cm³/mol. The second-order valence-electron chi connectivity index (χ2n) is 4.59. The molecule has 23 heavy (non-hydrogen) atoms. The zero-order valence-corrected chi connectivity index (χ0v) is 12.3. The maximum atomic E-state index is 12.0. The van der Waals surface area contributed by atoms with Gasteiger partial charge in [0.25, 0.3) is 5.56 Å². The van der Waals surface area contributed by atoms with Crippen molar-refractivity contribution in [2.45, 2.75) is 6.92 Å². The highest BCUT2D eigenvalue weighted by Gasteiger charge is 2.20. The summed E-state index contributed by atoms with van der Waals surface area (Å²) in [4.78, 5) is 21.6. The van der Waals surface area contributed by atoms with Crippen LogP contribution in [0.2, 0.25) is 0 Å². The molecule has 0 radical (unpaired) electrons. The van der Waals surface area contributed by atoms with E-state index in [-0.39, 0.29) is 17.1 Å². The van der Waals surface area contributed by atoms with E-state index in [0.717, 1.165) is 10.7 Å².